The summed E-state index contributed by atoms with van der Waals surface area (Å²) in [5, 5.41) is -0.242. The molecule has 2 aromatic rings. The van der Waals surface area contributed by atoms with Gasteiger partial charge in [-0.2, -0.15) is 23.1 Å². The van der Waals surface area contributed by atoms with Crippen LogP contribution in [0, 0.1) is 5.82 Å². The van der Waals surface area contributed by atoms with Crippen molar-refractivity contribution in [2.75, 3.05) is 57.9 Å². The Balaban J connectivity index is 1.27. The van der Waals surface area contributed by atoms with E-state index in [1.165, 1.54) is 11.1 Å². The smallest absolute Gasteiger partial charge is 0.461 e. The first-order chi connectivity index (χ1) is 26.0. The zero-order valence-electron chi connectivity index (χ0n) is 32.8. The number of likely N-dealkylation sites (N-methyl/N-ethyl adjacent to an activating group) is 1. The molecule has 56 heavy (non-hydrogen) atoms. The minimum absolute atomic E-state index is 0.0753. The lowest BCUT2D eigenvalue weighted by Crippen LogP contribution is -2.68. The maximum Gasteiger partial charge on any atom is 0.471 e. The normalized spacial score (nSPS) is 25.4. The summed E-state index contributed by atoms with van der Waals surface area (Å²) in [5.41, 5.74) is -3.42. The number of piperazine rings is 1. The molecule has 0 N–H and O–H groups in total. The molecule has 0 aliphatic carbocycles. The Morgan fingerprint density at radius 2 is 1.73 bits per heavy atom. The van der Waals surface area contributed by atoms with Gasteiger partial charge in [0.2, 0.25) is 0 Å². The predicted octanol–water partition coefficient (Wildman–Crippen LogP) is 5.53. The molecule has 2 bridgehead atoms. The highest BCUT2D eigenvalue weighted by Crippen LogP contribution is 2.44. The Morgan fingerprint density at radius 3 is 2.41 bits per heavy atom. The quantitative estimate of drug-likeness (QED) is 0.169. The number of fused-ring (bicyclic) bond motifs is 4. The third-order valence-electron chi connectivity index (χ3n) is 10.7. The first kappa shape index (κ1) is 41.9. The van der Waals surface area contributed by atoms with Crippen LogP contribution in [0.3, 0.4) is 0 Å². The second kappa shape index (κ2) is 15.2. The van der Waals surface area contributed by atoms with Crippen LogP contribution in [0.5, 0.6) is 6.01 Å². The van der Waals surface area contributed by atoms with Gasteiger partial charge in [-0.1, -0.05) is 11.6 Å². The maximum absolute atomic E-state index is 15.7. The van der Waals surface area contributed by atoms with Crippen molar-refractivity contribution in [3.63, 3.8) is 0 Å². The molecule has 6 heterocycles. The summed E-state index contributed by atoms with van der Waals surface area (Å²) >= 11 is 6.11. The molecule has 14 nitrogen and oxygen atoms in total. The Morgan fingerprint density at radius 1 is 1.02 bits per heavy atom. The van der Waals surface area contributed by atoms with Crippen molar-refractivity contribution in [3.05, 3.63) is 17.2 Å². The van der Waals surface area contributed by atoms with Crippen LogP contribution in [0.1, 0.15) is 80.1 Å². The number of alkyl halides is 3. The van der Waals surface area contributed by atoms with E-state index in [-0.39, 0.29) is 73.9 Å². The zero-order chi connectivity index (χ0) is 41.0. The van der Waals surface area contributed by atoms with Crippen LogP contribution in [0.2, 0.25) is 5.15 Å². The fourth-order valence-corrected chi connectivity index (χ4v) is 8.75. The minimum Gasteiger partial charge on any atom is -0.461 e. The standard InChI is InChI=1S/C37H50ClF4N7O7/c1-33(2,3)55-25(50)10-14-53-23-15-35(11-8-13-48(35)18-23)21-54-31-44-27-24(16-43-28(38)26(27)39)29(45-31)47-17-22-9-12-36(20-47,19-46(7)30(51)37(40,41)42)49(22)32(52)56-34(4,5)6/h16,22-23H,8-15,17-21H2,1-7H3. The largest absolute Gasteiger partial charge is 0.471 e. The summed E-state index contributed by atoms with van der Waals surface area (Å²) in [4.78, 5) is 57.5. The van der Waals surface area contributed by atoms with Crippen LogP contribution in [0.25, 0.3) is 10.9 Å². The van der Waals surface area contributed by atoms with Gasteiger partial charge in [-0.3, -0.25) is 19.4 Å². The molecular formula is C37H50ClF4N7O7. The van der Waals surface area contributed by atoms with E-state index in [4.69, 9.17) is 35.5 Å². The van der Waals surface area contributed by atoms with Crippen LogP contribution in [-0.4, -0.2) is 141 Å². The van der Waals surface area contributed by atoms with Gasteiger partial charge in [0.15, 0.2) is 11.0 Å². The molecule has 2 amide bonds. The molecule has 2 aromatic heterocycles. The fraction of sp³-hybridized carbons (Fsp3) is 0.730. The van der Waals surface area contributed by atoms with E-state index in [0.29, 0.717) is 24.3 Å². The van der Waals surface area contributed by atoms with E-state index in [1.54, 1.807) is 46.4 Å². The lowest BCUT2D eigenvalue weighted by molar-refractivity contribution is -0.185. The third-order valence-corrected chi connectivity index (χ3v) is 10.9. The van der Waals surface area contributed by atoms with Crippen molar-refractivity contribution in [1.82, 2.24) is 29.7 Å². The molecule has 4 unspecified atom stereocenters. The van der Waals surface area contributed by atoms with Gasteiger partial charge in [-0.05, 0) is 80.2 Å². The topological polar surface area (TPSA) is 140 Å². The van der Waals surface area contributed by atoms with E-state index < -0.39 is 64.0 Å². The number of amides is 2. The first-order valence-corrected chi connectivity index (χ1v) is 19.2. The van der Waals surface area contributed by atoms with Gasteiger partial charge in [0, 0.05) is 39.4 Å². The van der Waals surface area contributed by atoms with Crippen LogP contribution in [0.4, 0.5) is 28.2 Å². The molecule has 4 fully saturated rings. The van der Waals surface area contributed by atoms with Crippen molar-refractivity contribution in [2.45, 2.75) is 121 Å². The van der Waals surface area contributed by atoms with Gasteiger partial charge >= 0.3 is 30.2 Å². The number of aromatic nitrogens is 3. The number of rotatable bonds is 10. The number of hydrogen-bond donors (Lipinski definition) is 0. The molecule has 4 aliphatic rings. The summed E-state index contributed by atoms with van der Waals surface area (Å²) in [7, 11) is 1.04. The van der Waals surface area contributed by atoms with Gasteiger partial charge in [0.25, 0.3) is 0 Å². The van der Waals surface area contributed by atoms with E-state index in [1.807, 2.05) is 0 Å². The summed E-state index contributed by atoms with van der Waals surface area (Å²) < 4.78 is 80.0. The number of halogens is 5. The highest BCUT2D eigenvalue weighted by atomic mass is 35.5. The lowest BCUT2D eigenvalue weighted by atomic mass is 9.93. The lowest BCUT2D eigenvalue weighted by Gasteiger charge is -2.50. The Kier molecular flexibility index (Phi) is 11.4. The molecule has 19 heteroatoms. The van der Waals surface area contributed by atoms with E-state index in [2.05, 4.69) is 14.9 Å². The minimum atomic E-state index is -5.13. The van der Waals surface area contributed by atoms with Crippen LogP contribution < -0.4 is 9.64 Å². The zero-order valence-corrected chi connectivity index (χ0v) is 33.6. The molecule has 4 aliphatic heterocycles. The van der Waals surface area contributed by atoms with Crippen molar-refractivity contribution >= 4 is 46.3 Å². The number of esters is 1. The van der Waals surface area contributed by atoms with Crippen LogP contribution >= 0.6 is 11.6 Å². The molecule has 0 aromatic carbocycles. The number of anilines is 1. The Labute approximate surface area is 328 Å². The average Bonchev–Trinajstić information content (AvgIpc) is 3.69. The monoisotopic (exact) mass is 815 g/mol. The van der Waals surface area contributed by atoms with E-state index in [0.717, 1.165) is 26.4 Å². The summed E-state index contributed by atoms with van der Waals surface area (Å²) in [6.07, 6.45) is -1.58. The van der Waals surface area contributed by atoms with Gasteiger partial charge in [-0.15, -0.1) is 0 Å². The van der Waals surface area contributed by atoms with Gasteiger partial charge in [0.05, 0.1) is 41.6 Å². The first-order valence-electron chi connectivity index (χ1n) is 18.8. The molecular weight excluding hydrogens is 766 g/mol. The van der Waals surface area contributed by atoms with Crippen molar-refractivity contribution in [2.24, 2.45) is 0 Å². The molecule has 0 spiro atoms. The summed E-state index contributed by atoms with van der Waals surface area (Å²) in [6.45, 7) is 11.9. The number of carbonyl (C=O) groups is 3. The molecule has 0 radical (unpaired) electrons. The number of pyridine rings is 1. The third kappa shape index (κ3) is 8.86. The van der Waals surface area contributed by atoms with Gasteiger partial charge in [0.1, 0.15) is 29.1 Å². The Bertz CT molecular complexity index is 1840. The van der Waals surface area contributed by atoms with Crippen molar-refractivity contribution < 1.29 is 50.9 Å². The summed E-state index contributed by atoms with van der Waals surface area (Å²) in [5.74, 6) is -3.11. The van der Waals surface area contributed by atoms with Crippen LogP contribution in [0.15, 0.2) is 6.20 Å². The van der Waals surface area contributed by atoms with Gasteiger partial charge in [-0.25, -0.2) is 14.2 Å². The average molecular weight is 816 g/mol. The second-order valence-electron chi connectivity index (χ2n) is 17.4. The molecule has 6 rings (SSSR count). The van der Waals surface area contributed by atoms with E-state index >= 15 is 4.39 Å². The molecule has 4 saturated heterocycles. The fourth-order valence-electron chi connectivity index (χ4n) is 8.61. The molecule has 310 valence electrons. The second-order valence-corrected chi connectivity index (χ2v) is 17.7. The SMILES string of the molecule is CN(CC12CCC(CN(c3nc(OCC45CCCN4CC(OCCC(=O)OC(C)(C)C)C5)nc4c(F)c(Cl)ncc34)C1)N2C(=O)OC(C)(C)C)C(=O)C(F)(F)F. The molecule has 4 atom stereocenters. The molecule has 0 saturated carbocycles. The van der Waals surface area contributed by atoms with Crippen molar-refractivity contribution in [1.29, 1.82) is 0 Å². The summed E-state index contributed by atoms with van der Waals surface area (Å²) in [6, 6.07) is -0.700. The highest BCUT2D eigenvalue weighted by molar-refractivity contribution is 6.30. The number of nitrogens with zero attached hydrogens (tertiary/aromatic N) is 7. The van der Waals surface area contributed by atoms with Crippen molar-refractivity contribution in [3.8, 4) is 6.01 Å². The van der Waals surface area contributed by atoms with E-state index in [9.17, 15) is 27.6 Å². The highest BCUT2D eigenvalue weighted by Gasteiger charge is 2.57. The maximum atomic E-state index is 15.7. The van der Waals surface area contributed by atoms with Gasteiger partial charge < -0.3 is 28.7 Å². The number of ether oxygens (including phenoxy) is 4. The Hall–Kier alpha value is -3.77. The number of hydrogen-bond acceptors (Lipinski definition) is 12. The number of carbonyl (C=O) groups excluding carboxylic acids is 3. The van der Waals surface area contributed by atoms with Crippen LogP contribution in [-0.2, 0) is 23.8 Å². The predicted molar refractivity (Wildman–Crippen MR) is 196 cm³/mol.